The topological polar surface area (TPSA) is 67.9 Å². The van der Waals surface area contributed by atoms with Crippen LogP contribution >= 0.6 is 0 Å². The molecule has 8 heteroatoms. The predicted octanol–water partition coefficient (Wildman–Crippen LogP) is 2.82. The van der Waals surface area contributed by atoms with Gasteiger partial charge in [-0.15, -0.1) is 0 Å². The SMILES string of the molecule is CCOC(=O)N1CCCC(C(=O)NCCc2ccc(OC(F)F)cc2)C1. The lowest BCUT2D eigenvalue weighted by atomic mass is 9.97. The molecule has 0 saturated carbocycles. The number of hydrogen-bond acceptors (Lipinski definition) is 4. The van der Waals surface area contributed by atoms with Crippen LogP contribution in [-0.4, -0.2) is 49.8 Å². The highest BCUT2D eigenvalue weighted by Crippen LogP contribution is 2.18. The first-order valence-electron chi connectivity index (χ1n) is 8.72. The van der Waals surface area contributed by atoms with Crippen LogP contribution in [0.4, 0.5) is 13.6 Å². The number of ether oxygens (including phenoxy) is 2. The molecule has 144 valence electrons. The molecule has 6 nitrogen and oxygen atoms in total. The molecule has 0 bridgehead atoms. The minimum atomic E-state index is -2.84. The molecule has 0 aromatic heterocycles. The van der Waals surface area contributed by atoms with Crippen LogP contribution in [-0.2, 0) is 16.0 Å². The molecule has 1 aliphatic rings. The van der Waals surface area contributed by atoms with Gasteiger partial charge in [0, 0.05) is 19.6 Å². The third kappa shape index (κ3) is 6.16. The molecular formula is C18H24F2N2O4. The van der Waals surface area contributed by atoms with E-state index in [0.717, 1.165) is 18.4 Å². The summed E-state index contributed by atoms with van der Waals surface area (Å²) < 4.78 is 33.5. The number of rotatable bonds is 7. The fourth-order valence-electron chi connectivity index (χ4n) is 2.88. The highest BCUT2D eigenvalue weighted by molar-refractivity contribution is 5.80. The summed E-state index contributed by atoms with van der Waals surface area (Å²) in [5.74, 6) is -0.222. The van der Waals surface area contributed by atoms with Crippen LogP contribution in [0.15, 0.2) is 24.3 Å². The van der Waals surface area contributed by atoms with Gasteiger partial charge in [-0.3, -0.25) is 4.79 Å². The van der Waals surface area contributed by atoms with Crippen molar-refractivity contribution in [2.45, 2.75) is 32.8 Å². The van der Waals surface area contributed by atoms with E-state index in [-0.39, 0.29) is 23.7 Å². The second-order valence-corrected chi connectivity index (χ2v) is 6.05. The van der Waals surface area contributed by atoms with Crippen molar-refractivity contribution in [3.8, 4) is 5.75 Å². The zero-order valence-corrected chi connectivity index (χ0v) is 14.7. The summed E-state index contributed by atoms with van der Waals surface area (Å²) >= 11 is 0. The van der Waals surface area contributed by atoms with Crippen molar-refractivity contribution in [1.82, 2.24) is 10.2 Å². The molecule has 1 aromatic rings. The van der Waals surface area contributed by atoms with E-state index < -0.39 is 6.61 Å². The van der Waals surface area contributed by atoms with Gasteiger partial charge in [-0.05, 0) is 43.9 Å². The summed E-state index contributed by atoms with van der Waals surface area (Å²) in [6.07, 6.45) is 1.70. The van der Waals surface area contributed by atoms with Gasteiger partial charge in [-0.2, -0.15) is 8.78 Å². The second kappa shape index (κ2) is 9.94. The number of alkyl halides is 2. The van der Waals surface area contributed by atoms with Crippen molar-refractivity contribution in [2.75, 3.05) is 26.2 Å². The van der Waals surface area contributed by atoms with Crippen molar-refractivity contribution in [3.63, 3.8) is 0 Å². The Balaban J connectivity index is 1.75. The normalized spacial score (nSPS) is 17.1. The second-order valence-electron chi connectivity index (χ2n) is 6.05. The number of carbonyl (C=O) groups is 2. The third-order valence-corrected chi connectivity index (χ3v) is 4.18. The first-order valence-corrected chi connectivity index (χ1v) is 8.72. The Morgan fingerprint density at radius 2 is 2.04 bits per heavy atom. The highest BCUT2D eigenvalue weighted by Gasteiger charge is 2.28. The number of nitrogens with zero attached hydrogens (tertiary/aromatic N) is 1. The van der Waals surface area contributed by atoms with Gasteiger partial charge in [-0.1, -0.05) is 12.1 Å². The molecule has 0 radical (unpaired) electrons. The van der Waals surface area contributed by atoms with E-state index in [2.05, 4.69) is 10.1 Å². The molecule has 1 fully saturated rings. The van der Waals surface area contributed by atoms with Crippen LogP contribution < -0.4 is 10.1 Å². The summed E-state index contributed by atoms with van der Waals surface area (Å²) in [4.78, 5) is 25.6. The highest BCUT2D eigenvalue weighted by atomic mass is 19.3. The molecule has 2 amide bonds. The van der Waals surface area contributed by atoms with E-state index in [9.17, 15) is 18.4 Å². The minimum absolute atomic E-state index is 0.0864. The van der Waals surface area contributed by atoms with E-state index >= 15 is 0 Å². The molecule has 1 aliphatic heterocycles. The Morgan fingerprint density at radius 3 is 2.69 bits per heavy atom. The summed E-state index contributed by atoms with van der Waals surface area (Å²) in [6, 6.07) is 6.32. The van der Waals surface area contributed by atoms with Crippen molar-refractivity contribution >= 4 is 12.0 Å². The molecule has 1 heterocycles. The molecule has 26 heavy (non-hydrogen) atoms. The van der Waals surface area contributed by atoms with Crippen LogP contribution in [0, 0.1) is 5.92 Å². The summed E-state index contributed by atoms with van der Waals surface area (Å²) in [5.41, 5.74) is 0.906. The lowest BCUT2D eigenvalue weighted by Gasteiger charge is -2.31. The van der Waals surface area contributed by atoms with Crippen LogP contribution in [0.1, 0.15) is 25.3 Å². The number of hydrogen-bond donors (Lipinski definition) is 1. The monoisotopic (exact) mass is 370 g/mol. The van der Waals surface area contributed by atoms with Crippen molar-refractivity contribution in [2.24, 2.45) is 5.92 Å². The number of benzene rings is 1. The minimum Gasteiger partial charge on any atom is -0.450 e. The van der Waals surface area contributed by atoms with Gasteiger partial charge < -0.3 is 19.7 Å². The molecule has 1 aromatic carbocycles. The van der Waals surface area contributed by atoms with Gasteiger partial charge in [0.2, 0.25) is 5.91 Å². The van der Waals surface area contributed by atoms with Gasteiger partial charge in [0.25, 0.3) is 0 Å². The third-order valence-electron chi connectivity index (χ3n) is 4.18. The maximum absolute atomic E-state index is 12.3. The Labute approximate surface area is 151 Å². The van der Waals surface area contributed by atoms with Gasteiger partial charge in [-0.25, -0.2) is 4.79 Å². The van der Waals surface area contributed by atoms with Gasteiger partial charge in [0.1, 0.15) is 5.75 Å². The van der Waals surface area contributed by atoms with Crippen LogP contribution in [0.5, 0.6) is 5.75 Å². The Bertz CT molecular complexity index is 595. The number of amides is 2. The average molecular weight is 370 g/mol. The van der Waals surface area contributed by atoms with Gasteiger partial charge in [0.15, 0.2) is 0 Å². The number of halogens is 2. The molecule has 0 aliphatic carbocycles. The van der Waals surface area contributed by atoms with Crippen molar-refractivity contribution in [3.05, 3.63) is 29.8 Å². The van der Waals surface area contributed by atoms with Crippen LogP contribution in [0.2, 0.25) is 0 Å². The van der Waals surface area contributed by atoms with Crippen LogP contribution in [0.3, 0.4) is 0 Å². The smallest absolute Gasteiger partial charge is 0.409 e. The van der Waals surface area contributed by atoms with Crippen LogP contribution in [0.25, 0.3) is 0 Å². The fourth-order valence-corrected chi connectivity index (χ4v) is 2.88. The predicted molar refractivity (Wildman–Crippen MR) is 91.1 cm³/mol. The van der Waals surface area contributed by atoms with E-state index in [0.29, 0.717) is 32.7 Å². The molecule has 1 unspecified atom stereocenters. The molecule has 2 rings (SSSR count). The number of nitrogens with one attached hydrogen (secondary N) is 1. The maximum Gasteiger partial charge on any atom is 0.409 e. The lowest BCUT2D eigenvalue weighted by Crippen LogP contribution is -2.45. The van der Waals surface area contributed by atoms with Gasteiger partial charge in [0.05, 0.1) is 12.5 Å². The summed E-state index contributed by atoms with van der Waals surface area (Å²) in [7, 11) is 0. The lowest BCUT2D eigenvalue weighted by molar-refractivity contribution is -0.126. The quantitative estimate of drug-likeness (QED) is 0.801. The molecule has 1 atom stereocenters. The zero-order valence-electron chi connectivity index (χ0n) is 14.7. The van der Waals surface area contributed by atoms with Crippen molar-refractivity contribution < 1.29 is 27.8 Å². The first-order chi connectivity index (χ1) is 12.5. The molecular weight excluding hydrogens is 346 g/mol. The zero-order chi connectivity index (χ0) is 18.9. The van der Waals surface area contributed by atoms with E-state index in [1.165, 1.54) is 12.1 Å². The van der Waals surface area contributed by atoms with E-state index in [4.69, 9.17) is 4.74 Å². The molecule has 1 N–H and O–H groups in total. The Morgan fingerprint density at radius 1 is 1.31 bits per heavy atom. The Kier molecular flexibility index (Phi) is 7.62. The number of piperidine rings is 1. The van der Waals surface area contributed by atoms with Gasteiger partial charge >= 0.3 is 12.7 Å². The standard InChI is InChI=1S/C18H24F2N2O4/c1-2-25-18(24)22-11-3-4-14(12-22)16(23)21-10-9-13-5-7-15(8-6-13)26-17(19)20/h5-8,14,17H,2-4,9-12H2,1H3,(H,21,23). The van der Waals surface area contributed by atoms with Crippen molar-refractivity contribution in [1.29, 1.82) is 0 Å². The molecule has 0 spiro atoms. The Hall–Kier alpha value is -2.38. The summed E-state index contributed by atoms with van der Waals surface area (Å²) in [5, 5.41) is 2.87. The largest absolute Gasteiger partial charge is 0.450 e. The number of likely N-dealkylation sites (tertiary alicyclic amines) is 1. The van der Waals surface area contributed by atoms with E-state index in [1.807, 2.05) is 0 Å². The number of carbonyl (C=O) groups excluding carboxylic acids is 2. The summed E-state index contributed by atoms with van der Waals surface area (Å²) in [6.45, 7) is 0.625. The fraction of sp³-hybridized carbons (Fsp3) is 0.556. The van der Waals surface area contributed by atoms with E-state index in [1.54, 1.807) is 24.0 Å². The first kappa shape index (κ1) is 19.9. The maximum atomic E-state index is 12.3. The average Bonchev–Trinajstić information content (AvgIpc) is 2.63. The molecule has 1 saturated heterocycles.